The largest absolute Gasteiger partial charge is 0.404 e. The first-order valence-corrected chi connectivity index (χ1v) is 9.30. The van der Waals surface area contributed by atoms with Crippen LogP contribution in [-0.2, 0) is 17.1 Å². The van der Waals surface area contributed by atoms with Crippen molar-refractivity contribution in [2.24, 2.45) is 7.05 Å². The fraction of sp³-hybridized carbons (Fsp3) is 0.267. The second-order valence-corrected chi connectivity index (χ2v) is 7.83. The lowest BCUT2D eigenvalue weighted by atomic mass is 10.2. The summed E-state index contributed by atoms with van der Waals surface area (Å²) in [6.07, 6.45) is -3.89. The minimum Gasteiger partial charge on any atom is -0.345 e. The first kappa shape index (κ1) is 22.1. The van der Waals surface area contributed by atoms with Crippen LogP contribution in [0, 0.1) is 11.6 Å². The molecule has 0 bridgehead atoms. The number of aromatic nitrogens is 1. The highest BCUT2D eigenvalue weighted by atomic mass is 35.5. The Morgan fingerprint density at radius 3 is 2.43 bits per heavy atom. The van der Waals surface area contributed by atoms with Crippen LogP contribution in [-0.4, -0.2) is 31.1 Å². The van der Waals surface area contributed by atoms with Crippen LogP contribution in [0.25, 0.3) is 0 Å². The number of carbonyl (C=O) groups excluding carboxylic acids is 1. The number of nitrogens with zero attached hydrogens (tertiary/aromatic N) is 1. The molecule has 0 saturated carbocycles. The summed E-state index contributed by atoms with van der Waals surface area (Å²) in [6.45, 7) is 0.620. The molecule has 2 rings (SSSR count). The van der Waals surface area contributed by atoms with Crippen LogP contribution in [0.1, 0.15) is 17.4 Å². The molecular formula is C15H13ClF5N3O3S. The Hall–Kier alpha value is -2.18. The van der Waals surface area contributed by atoms with Crippen LogP contribution < -0.4 is 10.0 Å². The van der Waals surface area contributed by atoms with E-state index in [0.717, 1.165) is 29.0 Å². The van der Waals surface area contributed by atoms with E-state index in [9.17, 15) is 35.2 Å². The minimum absolute atomic E-state index is 0.306. The predicted molar refractivity (Wildman–Crippen MR) is 90.6 cm³/mol. The number of nitrogens with one attached hydrogen (secondary N) is 2. The summed E-state index contributed by atoms with van der Waals surface area (Å²) in [5.74, 6) is -3.28. The zero-order valence-corrected chi connectivity index (χ0v) is 15.8. The third-order valence-electron chi connectivity index (χ3n) is 3.63. The Labute approximate surface area is 161 Å². The molecule has 28 heavy (non-hydrogen) atoms. The van der Waals surface area contributed by atoms with Crippen LogP contribution >= 0.6 is 11.6 Å². The van der Waals surface area contributed by atoms with E-state index in [-0.39, 0.29) is 5.69 Å². The number of alkyl halides is 3. The van der Waals surface area contributed by atoms with E-state index in [2.05, 4.69) is 5.32 Å². The van der Waals surface area contributed by atoms with E-state index in [1.165, 1.54) is 11.8 Å². The molecule has 0 radical (unpaired) electrons. The molecule has 1 aromatic heterocycles. The minimum atomic E-state index is -4.80. The van der Waals surface area contributed by atoms with Crippen molar-refractivity contribution in [3.8, 4) is 0 Å². The maximum atomic E-state index is 13.9. The van der Waals surface area contributed by atoms with Crippen LogP contribution in [0.5, 0.6) is 0 Å². The van der Waals surface area contributed by atoms with Gasteiger partial charge in [-0.1, -0.05) is 11.6 Å². The zero-order chi connectivity index (χ0) is 21.4. The lowest BCUT2D eigenvalue weighted by Crippen LogP contribution is -2.42. The van der Waals surface area contributed by atoms with Crippen molar-refractivity contribution in [1.82, 2.24) is 9.29 Å². The first-order valence-electron chi connectivity index (χ1n) is 7.44. The number of benzene rings is 1. The third-order valence-corrected chi connectivity index (χ3v) is 5.48. The highest BCUT2D eigenvalue weighted by Gasteiger charge is 2.39. The summed E-state index contributed by atoms with van der Waals surface area (Å²) in [6, 6.07) is 0.167. The molecule has 0 spiro atoms. The van der Waals surface area contributed by atoms with Gasteiger partial charge >= 0.3 is 6.18 Å². The molecule has 2 aromatic rings. The van der Waals surface area contributed by atoms with Gasteiger partial charge in [0, 0.05) is 13.2 Å². The Morgan fingerprint density at radius 2 is 1.86 bits per heavy atom. The second-order valence-electron chi connectivity index (χ2n) is 5.73. The molecule has 0 fully saturated rings. The molecule has 1 atom stereocenters. The van der Waals surface area contributed by atoms with Crippen molar-refractivity contribution in [3.05, 3.63) is 46.7 Å². The van der Waals surface area contributed by atoms with E-state index in [0.29, 0.717) is 6.92 Å². The van der Waals surface area contributed by atoms with Crippen LogP contribution in [0.3, 0.4) is 0 Å². The molecule has 1 amide bonds. The molecule has 0 aliphatic heterocycles. The number of hydrogen-bond donors (Lipinski definition) is 2. The van der Waals surface area contributed by atoms with Crippen LogP contribution in [0.15, 0.2) is 29.3 Å². The van der Waals surface area contributed by atoms with Gasteiger partial charge in [0.1, 0.15) is 27.5 Å². The van der Waals surface area contributed by atoms with Crippen molar-refractivity contribution in [2.45, 2.75) is 24.0 Å². The summed E-state index contributed by atoms with van der Waals surface area (Å²) in [7, 11) is -3.33. The lowest BCUT2D eigenvalue weighted by Gasteiger charge is -2.16. The molecule has 1 aromatic carbocycles. The van der Waals surface area contributed by atoms with E-state index in [1.54, 1.807) is 0 Å². The standard InChI is InChI=1S/C15H13ClF5N3O3S/c1-7(15(19,20)21)23-28(26,27)8-5-11(24(2)6-8)14(25)22-10-4-3-9(17)12(16)13(10)18/h3-7,23H,1-2H3,(H,22,25)/t7-/m0/s1. The number of aryl methyl sites for hydroxylation is 1. The molecular weight excluding hydrogens is 433 g/mol. The lowest BCUT2D eigenvalue weighted by molar-refractivity contribution is -0.147. The molecule has 0 aliphatic rings. The predicted octanol–water partition coefficient (Wildman–Crippen LogP) is 3.44. The molecule has 154 valence electrons. The monoisotopic (exact) mass is 445 g/mol. The fourth-order valence-electron chi connectivity index (χ4n) is 2.08. The Balaban J connectivity index is 2.29. The average Bonchev–Trinajstić information content (AvgIpc) is 2.97. The number of amides is 1. The van der Waals surface area contributed by atoms with Crippen LogP contribution in [0.2, 0.25) is 5.02 Å². The number of sulfonamides is 1. The average molecular weight is 446 g/mol. The fourth-order valence-corrected chi connectivity index (χ4v) is 3.55. The smallest absolute Gasteiger partial charge is 0.345 e. The normalized spacial score (nSPS) is 13.4. The van der Waals surface area contributed by atoms with Gasteiger partial charge in [0.2, 0.25) is 10.0 Å². The topological polar surface area (TPSA) is 80.2 Å². The van der Waals surface area contributed by atoms with Crippen molar-refractivity contribution in [3.63, 3.8) is 0 Å². The molecule has 6 nitrogen and oxygen atoms in total. The highest BCUT2D eigenvalue weighted by molar-refractivity contribution is 7.89. The van der Waals surface area contributed by atoms with E-state index >= 15 is 0 Å². The van der Waals surface area contributed by atoms with Gasteiger partial charge in [-0.2, -0.15) is 17.9 Å². The van der Waals surface area contributed by atoms with E-state index in [1.807, 2.05) is 0 Å². The van der Waals surface area contributed by atoms with Gasteiger partial charge in [-0.05, 0) is 25.1 Å². The number of anilines is 1. The summed E-state index contributed by atoms with van der Waals surface area (Å²) in [5.41, 5.74) is -0.772. The van der Waals surface area contributed by atoms with Gasteiger partial charge in [0.25, 0.3) is 5.91 Å². The number of rotatable bonds is 5. The number of carbonyl (C=O) groups is 1. The van der Waals surface area contributed by atoms with Gasteiger partial charge in [0.15, 0.2) is 5.82 Å². The highest BCUT2D eigenvalue weighted by Crippen LogP contribution is 2.26. The van der Waals surface area contributed by atoms with Gasteiger partial charge in [-0.3, -0.25) is 4.79 Å². The number of halogens is 6. The van der Waals surface area contributed by atoms with Crippen molar-refractivity contribution >= 4 is 33.2 Å². The molecule has 2 N–H and O–H groups in total. The van der Waals surface area contributed by atoms with Gasteiger partial charge < -0.3 is 9.88 Å². The molecule has 13 heteroatoms. The first-order chi connectivity index (χ1) is 12.7. The molecule has 0 saturated heterocycles. The summed E-state index contributed by atoms with van der Waals surface area (Å²) in [4.78, 5) is 11.7. The van der Waals surface area contributed by atoms with E-state index in [4.69, 9.17) is 11.6 Å². The van der Waals surface area contributed by atoms with Crippen molar-refractivity contribution in [2.75, 3.05) is 5.32 Å². The van der Waals surface area contributed by atoms with Crippen molar-refractivity contribution in [1.29, 1.82) is 0 Å². The Morgan fingerprint density at radius 1 is 1.25 bits per heavy atom. The maximum Gasteiger partial charge on any atom is 0.404 e. The SMILES string of the molecule is C[C@H](NS(=O)(=O)c1cc(C(=O)Nc2ccc(F)c(Cl)c2F)n(C)c1)C(F)(F)F. The molecule has 1 heterocycles. The molecule has 0 aliphatic carbocycles. The third kappa shape index (κ3) is 4.62. The quantitative estimate of drug-likeness (QED) is 0.546. The summed E-state index contributed by atoms with van der Waals surface area (Å²) >= 11 is 5.41. The Bertz CT molecular complexity index is 1020. The summed E-state index contributed by atoms with van der Waals surface area (Å²) < 4.78 is 91.4. The van der Waals surface area contributed by atoms with Crippen molar-refractivity contribution < 1.29 is 35.2 Å². The van der Waals surface area contributed by atoms with Gasteiger partial charge in [-0.15, -0.1) is 0 Å². The van der Waals surface area contributed by atoms with Gasteiger partial charge in [-0.25, -0.2) is 17.2 Å². The maximum absolute atomic E-state index is 13.9. The zero-order valence-electron chi connectivity index (χ0n) is 14.2. The van der Waals surface area contributed by atoms with Gasteiger partial charge in [0.05, 0.1) is 5.69 Å². The Kier molecular flexibility index (Phi) is 6.07. The summed E-state index contributed by atoms with van der Waals surface area (Å²) in [5, 5.41) is 1.24. The van der Waals surface area contributed by atoms with Crippen LogP contribution in [0.4, 0.5) is 27.6 Å². The molecule has 0 unspecified atom stereocenters. The second kappa shape index (κ2) is 7.68. The van der Waals surface area contributed by atoms with E-state index < -0.39 is 55.4 Å². The number of hydrogen-bond acceptors (Lipinski definition) is 3.